The third-order valence-corrected chi connectivity index (χ3v) is 2.01. The van der Waals surface area contributed by atoms with Crippen molar-refractivity contribution in [1.82, 2.24) is 0 Å². The van der Waals surface area contributed by atoms with Crippen LogP contribution in [-0.4, -0.2) is 4.92 Å². The van der Waals surface area contributed by atoms with E-state index in [1.54, 1.807) is 6.92 Å². The smallest absolute Gasteiger partial charge is 0.258 e. The maximum absolute atomic E-state index is 12.8. The van der Waals surface area contributed by atoms with Gasteiger partial charge in [0.25, 0.3) is 5.69 Å². The van der Waals surface area contributed by atoms with Gasteiger partial charge in [-0.25, -0.2) is 4.39 Å². The largest absolute Gasteiger partial charge is 0.276 e. The molecule has 0 aliphatic carbocycles. The van der Waals surface area contributed by atoms with Crippen molar-refractivity contribution in [2.75, 3.05) is 0 Å². The summed E-state index contributed by atoms with van der Waals surface area (Å²) in [6.45, 7) is 1.59. The highest BCUT2D eigenvalue weighted by molar-refractivity contribution is 6.17. The second-order valence-electron chi connectivity index (χ2n) is 2.61. The molecule has 0 bridgehead atoms. The number of hydrogen-bond acceptors (Lipinski definition) is 2. The van der Waals surface area contributed by atoms with Crippen LogP contribution in [-0.2, 0) is 5.88 Å². The molecule has 0 fully saturated rings. The molecule has 0 unspecified atom stereocenters. The van der Waals surface area contributed by atoms with Gasteiger partial charge in [-0.15, -0.1) is 11.6 Å². The maximum atomic E-state index is 12.8. The fourth-order valence-corrected chi connectivity index (χ4v) is 1.44. The Morgan fingerprint density at radius 2 is 2.23 bits per heavy atom. The third kappa shape index (κ3) is 1.95. The molecule has 0 aromatic heterocycles. The van der Waals surface area contributed by atoms with Crippen LogP contribution in [0.1, 0.15) is 11.1 Å². The molecule has 3 nitrogen and oxygen atoms in total. The van der Waals surface area contributed by atoms with Gasteiger partial charge in [-0.05, 0) is 18.6 Å². The summed E-state index contributed by atoms with van der Waals surface area (Å²) in [4.78, 5) is 9.83. The standard InChI is InChI=1S/C8H7ClFNO2/c1-5-2-6(10)3-8(11(12)13)7(5)4-9/h2-3H,4H2,1H3. The lowest BCUT2D eigenvalue weighted by Crippen LogP contribution is -1.97. The summed E-state index contributed by atoms with van der Waals surface area (Å²) in [7, 11) is 0. The zero-order chi connectivity index (χ0) is 10.0. The first-order valence-electron chi connectivity index (χ1n) is 3.55. The van der Waals surface area contributed by atoms with Crippen LogP contribution in [0.2, 0.25) is 0 Å². The van der Waals surface area contributed by atoms with Crippen molar-refractivity contribution in [3.8, 4) is 0 Å². The minimum absolute atomic E-state index is 0.0163. The summed E-state index contributed by atoms with van der Waals surface area (Å²) >= 11 is 5.51. The van der Waals surface area contributed by atoms with E-state index in [0.717, 1.165) is 6.07 Å². The van der Waals surface area contributed by atoms with Crippen molar-refractivity contribution in [2.24, 2.45) is 0 Å². The lowest BCUT2D eigenvalue weighted by Gasteiger charge is -2.02. The van der Waals surface area contributed by atoms with E-state index in [2.05, 4.69) is 0 Å². The zero-order valence-corrected chi connectivity index (χ0v) is 7.64. The van der Waals surface area contributed by atoms with Gasteiger partial charge in [0.2, 0.25) is 0 Å². The normalized spacial score (nSPS) is 10.1. The van der Waals surface area contributed by atoms with E-state index in [0.29, 0.717) is 11.1 Å². The van der Waals surface area contributed by atoms with Crippen molar-refractivity contribution in [1.29, 1.82) is 0 Å². The number of rotatable bonds is 2. The molecule has 0 saturated heterocycles. The first kappa shape index (κ1) is 9.92. The van der Waals surface area contributed by atoms with E-state index < -0.39 is 10.7 Å². The molecule has 1 rings (SSSR count). The van der Waals surface area contributed by atoms with Crippen molar-refractivity contribution in [2.45, 2.75) is 12.8 Å². The third-order valence-electron chi connectivity index (χ3n) is 1.74. The number of hydrogen-bond donors (Lipinski definition) is 0. The van der Waals surface area contributed by atoms with Gasteiger partial charge in [0.1, 0.15) is 5.82 Å². The quantitative estimate of drug-likeness (QED) is 0.421. The van der Waals surface area contributed by atoms with Gasteiger partial charge < -0.3 is 0 Å². The molecule has 0 atom stereocenters. The predicted molar refractivity (Wildman–Crippen MR) is 47.3 cm³/mol. The first-order chi connectivity index (χ1) is 6.06. The van der Waals surface area contributed by atoms with Crippen LogP contribution in [0.25, 0.3) is 0 Å². The van der Waals surface area contributed by atoms with E-state index in [-0.39, 0.29) is 11.6 Å². The van der Waals surface area contributed by atoms with Crippen LogP contribution in [0.15, 0.2) is 12.1 Å². The summed E-state index contributed by atoms with van der Waals surface area (Å²) < 4.78 is 12.8. The van der Waals surface area contributed by atoms with Gasteiger partial charge in [-0.1, -0.05) is 0 Å². The molecule has 13 heavy (non-hydrogen) atoms. The summed E-state index contributed by atoms with van der Waals surface area (Å²) in [5.41, 5.74) is 0.613. The molecular formula is C8H7ClFNO2. The molecule has 5 heteroatoms. The predicted octanol–water partition coefficient (Wildman–Crippen LogP) is 2.78. The average molecular weight is 204 g/mol. The average Bonchev–Trinajstić information content (AvgIpc) is 2.02. The summed E-state index contributed by atoms with van der Waals surface area (Å²) in [5.74, 6) is -0.597. The number of aryl methyl sites for hydroxylation is 1. The number of nitro benzene ring substituents is 1. The Bertz CT molecular complexity index is 354. The van der Waals surface area contributed by atoms with Gasteiger partial charge in [0.05, 0.1) is 16.9 Å². The molecule has 0 radical (unpaired) electrons. The van der Waals surface area contributed by atoms with Gasteiger partial charge in [0.15, 0.2) is 0 Å². The maximum Gasteiger partial charge on any atom is 0.276 e. The molecule has 1 aromatic carbocycles. The lowest BCUT2D eigenvalue weighted by molar-refractivity contribution is -0.385. The number of alkyl halides is 1. The second kappa shape index (κ2) is 3.70. The van der Waals surface area contributed by atoms with Crippen molar-refractivity contribution in [3.63, 3.8) is 0 Å². The minimum atomic E-state index is -0.631. The molecule has 1 aromatic rings. The molecule has 0 spiro atoms. The van der Waals surface area contributed by atoms with E-state index >= 15 is 0 Å². The Kier molecular flexibility index (Phi) is 2.83. The van der Waals surface area contributed by atoms with Crippen molar-refractivity contribution >= 4 is 17.3 Å². The van der Waals surface area contributed by atoms with E-state index in [1.165, 1.54) is 6.07 Å². The lowest BCUT2D eigenvalue weighted by atomic mass is 10.1. The number of nitrogens with zero attached hydrogens (tertiary/aromatic N) is 1. The zero-order valence-electron chi connectivity index (χ0n) is 6.88. The van der Waals surface area contributed by atoms with Crippen LogP contribution in [0, 0.1) is 22.9 Å². The van der Waals surface area contributed by atoms with Gasteiger partial charge in [0, 0.05) is 5.56 Å². The molecule has 0 N–H and O–H groups in total. The summed E-state index contributed by atoms with van der Waals surface area (Å²) in [6, 6.07) is 2.11. The molecule has 0 amide bonds. The minimum Gasteiger partial charge on any atom is -0.258 e. The topological polar surface area (TPSA) is 43.1 Å². The Balaban J connectivity index is 3.38. The van der Waals surface area contributed by atoms with E-state index in [9.17, 15) is 14.5 Å². The van der Waals surface area contributed by atoms with Gasteiger partial charge in [-0.3, -0.25) is 10.1 Å². The van der Waals surface area contributed by atoms with Crippen molar-refractivity contribution < 1.29 is 9.31 Å². The van der Waals surface area contributed by atoms with Crippen LogP contribution in [0.4, 0.5) is 10.1 Å². The molecule has 0 saturated carbocycles. The Morgan fingerprint density at radius 1 is 1.62 bits per heavy atom. The fraction of sp³-hybridized carbons (Fsp3) is 0.250. The monoisotopic (exact) mass is 203 g/mol. The highest BCUT2D eigenvalue weighted by atomic mass is 35.5. The number of benzene rings is 1. The molecule has 0 aliphatic rings. The van der Waals surface area contributed by atoms with Crippen molar-refractivity contribution in [3.05, 3.63) is 39.2 Å². The SMILES string of the molecule is Cc1cc(F)cc([N+](=O)[O-])c1CCl. The number of nitro groups is 1. The van der Waals surface area contributed by atoms with Crippen LogP contribution >= 0.6 is 11.6 Å². The summed E-state index contributed by atoms with van der Waals surface area (Å²) in [5, 5.41) is 10.5. The molecule has 0 aliphatic heterocycles. The van der Waals surface area contributed by atoms with Crippen LogP contribution < -0.4 is 0 Å². The highest BCUT2D eigenvalue weighted by Gasteiger charge is 2.16. The highest BCUT2D eigenvalue weighted by Crippen LogP contribution is 2.25. The Labute approximate surface area is 79.3 Å². The second-order valence-corrected chi connectivity index (χ2v) is 2.88. The van der Waals surface area contributed by atoms with Gasteiger partial charge >= 0.3 is 0 Å². The first-order valence-corrected chi connectivity index (χ1v) is 4.09. The van der Waals surface area contributed by atoms with E-state index in [1.807, 2.05) is 0 Å². The Hall–Kier alpha value is -1.16. The molecule has 70 valence electrons. The fourth-order valence-electron chi connectivity index (χ4n) is 1.09. The van der Waals surface area contributed by atoms with E-state index in [4.69, 9.17) is 11.6 Å². The van der Waals surface area contributed by atoms with Crippen LogP contribution in [0.5, 0.6) is 0 Å². The molecular weight excluding hydrogens is 197 g/mol. The van der Waals surface area contributed by atoms with Crippen LogP contribution in [0.3, 0.4) is 0 Å². The van der Waals surface area contributed by atoms with Gasteiger partial charge in [-0.2, -0.15) is 0 Å². The number of halogens is 2. The Morgan fingerprint density at radius 3 is 2.69 bits per heavy atom. The summed E-state index contributed by atoms with van der Waals surface area (Å²) in [6.07, 6.45) is 0. The molecule has 0 heterocycles.